The molecular formula is C8H8BF3O4. The molecule has 1 rings (SSSR count). The summed E-state index contributed by atoms with van der Waals surface area (Å²) in [6.07, 6.45) is -5.66. The summed E-state index contributed by atoms with van der Waals surface area (Å²) in [6, 6.07) is 0. The van der Waals surface area contributed by atoms with Gasteiger partial charge in [0.25, 0.3) is 0 Å². The van der Waals surface area contributed by atoms with Crippen LogP contribution >= 0.6 is 0 Å². The van der Waals surface area contributed by atoms with Crippen LogP contribution in [0.1, 0.15) is 0 Å². The van der Waals surface area contributed by atoms with E-state index in [9.17, 15) is 23.4 Å². The molecule has 0 saturated carbocycles. The molecule has 1 aliphatic heterocycles. The molecule has 2 radical (unpaired) electrons. The lowest BCUT2D eigenvalue weighted by Gasteiger charge is -2.29. The van der Waals surface area contributed by atoms with E-state index in [1.54, 1.807) is 0 Å². The number of hydrogen-bond donors (Lipinski definition) is 3. The van der Waals surface area contributed by atoms with Gasteiger partial charge in [-0.25, -0.2) is 4.39 Å². The highest BCUT2D eigenvalue weighted by Crippen LogP contribution is 2.40. The summed E-state index contributed by atoms with van der Waals surface area (Å²) in [7, 11) is 4.86. The van der Waals surface area contributed by atoms with Gasteiger partial charge >= 0.3 is 6.08 Å². The molecule has 0 spiro atoms. The monoisotopic (exact) mass is 236 g/mol. The fourth-order valence-corrected chi connectivity index (χ4v) is 1.35. The van der Waals surface area contributed by atoms with Gasteiger partial charge in [-0.05, 0) is 0 Å². The Morgan fingerprint density at radius 2 is 2.12 bits per heavy atom. The lowest BCUT2D eigenvalue weighted by Crippen LogP contribution is -2.53. The minimum atomic E-state index is -3.29. The molecule has 0 aromatic rings. The summed E-state index contributed by atoms with van der Waals surface area (Å²) < 4.78 is 41.3. The summed E-state index contributed by atoms with van der Waals surface area (Å²) in [4.78, 5) is 0. The maximum Gasteiger partial charge on any atom is 0.312 e. The fourth-order valence-electron chi connectivity index (χ4n) is 1.35. The highest BCUT2D eigenvalue weighted by Gasteiger charge is 2.61. The third-order valence-electron chi connectivity index (χ3n) is 2.25. The normalized spacial score (nSPS) is 42.9. The van der Waals surface area contributed by atoms with Crippen molar-refractivity contribution in [3.63, 3.8) is 0 Å². The van der Waals surface area contributed by atoms with Gasteiger partial charge in [0.15, 0.2) is 19.2 Å². The van der Waals surface area contributed by atoms with Crippen molar-refractivity contribution in [3.8, 4) is 0 Å². The molecule has 0 aliphatic carbocycles. The van der Waals surface area contributed by atoms with Crippen LogP contribution in [0.15, 0.2) is 17.9 Å². The molecule has 16 heavy (non-hydrogen) atoms. The second-order valence-corrected chi connectivity index (χ2v) is 3.30. The van der Waals surface area contributed by atoms with Crippen LogP contribution < -0.4 is 0 Å². The van der Waals surface area contributed by atoms with Gasteiger partial charge in [0.1, 0.15) is 12.2 Å². The molecule has 1 saturated heterocycles. The summed E-state index contributed by atoms with van der Waals surface area (Å²) in [5, 5.41) is 27.6. The average molecular weight is 236 g/mol. The summed E-state index contributed by atoms with van der Waals surface area (Å²) >= 11 is 0. The third kappa shape index (κ3) is 2.02. The van der Waals surface area contributed by atoms with Gasteiger partial charge in [-0.2, -0.15) is 8.78 Å². The zero-order valence-corrected chi connectivity index (χ0v) is 7.90. The number of ether oxygens (including phenoxy) is 1. The van der Waals surface area contributed by atoms with E-state index in [1.165, 1.54) is 5.73 Å². The molecule has 0 aromatic carbocycles. The smallest absolute Gasteiger partial charge is 0.312 e. The standard InChI is InChI=1S/C8H8BF3O4/c9-8(12)7(15,2-1-5(10)11)6(14)4(3-13)16-8/h2,4,6,13-15H,3H2/t4-,6?,7-,8-/m1/s1. The van der Waals surface area contributed by atoms with Gasteiger partial charge < -0.3 is 20.1 Å². The first-order valence-corrected chi connectivity index (χ1v) is 4.20. The lowest BCUT2D eigenvalue weighted by atomic mass is 9.78. The Labute approximate surface area is 90.1 Å². The fraction of sp³-hybridized carbons (Fsp3) is 0.625. The van der Waals surface area contributed by atoms with E-state index >= 15 is 0 Å². The highest BCUT2D eigenvalue weighted by molar-refractivity contribution is 6.14. The number of rotatable bonds is 2. The molecule has 1 heterocycles. The highest BCUT2D eigenvalue weighted by atomic mass is 19.3. The van der Waals surface area contributed by atoms with Gasteiger partial charge in [-0.3, -0.25) is 0 Å². The first-order valence-electron chi connectivity index (χ1n) is 4.20. The van der Waals surface area contributed by atoms with Crippen LogP contribution in [-0.2, 0) is 4.74 Å². The van der Waals surface area contributed by atoms with Crippen molar-refractivity contribution < 1.29 is 33.2 Å². The Morgan fingerprint density at radius 1 is 1.56 bits per heavy atom. The molecule has 88 valence electrons. The molecule has 1 fully saturated rings. The quantitative estimate of drug-likeness (QED) is 0.433. The second-order valence-electron chi connectivity index (χ2n) is 3.30. The van der Waals surface area contributed by atoms with Crippen LogP contribution in [0.4, 0.5) is 13.2 Å². The molecule has 0 aromatic heterocycles. The molecule has 4 nitrogen and oxygen atoms in total. The van der Waals surface area contributed by atoms with Gasteiger partial charge in [0.05, 0.1) is 6.61 Å². The Balaban J connectivity index is 3.14. The third-order valence-corrected chi connectivity index (χ3v) is 2.25. The van der Waals surface area contributed by atoms with E-state index in [0.717, 1.165) is 0 Å². The minimum Gasteiger partial charge on any atom is -0.394 e. The first kappa shape index (κ1) is 13.3. The van der Waals surface area contributed by atoms with E-state index in [-0.39, 0.29) is 6.08 Å². The number of alkyl halides is 1. The summed E-state index contributed by atoms with van der Waals surface area (Å²) in [5.74, 6) is -3.29. The Morgan fingerprint density at radius 3 is 2.50 bits per heavy atom. The van der Waals surface area contributed by atoms with Crippen LogP contribution in [0, 0.1) is 0 Å². The zero-order valence-electron chi connectivity index (χ0n) is 7.90. The van der Waals surface area contributed by atoms with Crippen LogP contribution in [0.25, 0.3) is 0 Å². The Bertz CT molecular complexity index is 338. The number of halogens is 3. The van der Waals surface area contributed by atoms with Crippen LogP contribution in [0.2, 0.25) is 0 Å². The maximum absolute atomic E-state index is 13.5. The predicted octanol–water partition coefficient (Wildman–Crippen LogP) is -0.803. The Hall–Kier alpha value is -0.785. The van der Waals surface area contributed by atoms with Crippen molar-refractivity contribution in [1.29, 1.82) is 0 Å². The maximum atomic E-state index is 13.5. The SMILES string of the molecule is [B][C@]1(F)O[C@H](CO)C(O)[C@]1(O)C=C=C(F)F. The average Bonchev–Trinajstić information content (AvgIpc) is 2.36. The predicted molar refractivity (Wildman–Crippen MR) is 46.3 cm³/mol. The molecule has 1 unspecified atom stereocenters. The van der Waals surface area contributed by atoms with Crippen molar-refractivity contribution in [2.45, 2.75) is 23.6 Å². The van der Waals surface area contributed by atoms with E-state index in [4.69, 9.17) is 13.0 Å². The summed E-state index contributed by atoms with van der Waals surface area (Å²) in [6.45, 7) is -0.831. The molecule has 0 amide bonds. The molecule has 1 aliphatic rings. The van der Waals surface area contributed by atoms with Crippen molar-refractivity contribution in [1.82, 2.24) is 0 Å². The minimum absolute atomic E-state index is 0.169. The van der Waals surface area contributed by atoms with Crippen molar-refractivity contribution >= 4 is 7.85 Å². The van der Waals surface area contributed by atoms with E-state index < -0.39 is 36.3 Å². The van der Waals surface area contributed by atoms with Crippen molar-refractivity contribution in [3.05, 3.63) is 17.9 Å². The van der Waals surface area contributed by atoms with Gasteiger partial charge in [-0.15, -0.1) is 0 Å². The van der Waals surface area contributed by atoms with E-state index in [1.807, 2.05) is 0 Å². The molecule has 4 atom stereocenters. The van der Waals surface area contributed by atoms with Gasteiger partial charge in [0.2, 0.25) is 0 Å². The second kappa shape index (κ2) is 4.23. The van der Waals surface area contributed by atoms with Crippen LogP contribution in [0.3, 0.4) is 0 Å². The van der Waals surface area contributed by atoms with Crippen molar-refractivity contribution in [2.24, 2.45) is 0 Å². The number of hydrogen-bond acceptors (Lipinski definition) is 4. The Kier molecular flexibility index (Phi) is 3.51. The van der Waals surface area contributed by atoms with E-state index in [0.29, 0.717) is 0 Å². The summed E-state index contributed by atoms with van der Waals surface area (Å²) in [5.41, 5.74) is -1.67. The van der Waals surface area contributed by atoms with E-state index in [2.05, 4.69) is 4.74 Å². The lowest BCUT2D eigenvalue weighted by molar-refractivity contribution is -0.144. The zero-order chi connectivity index (χ0) is 12.6. The van der Waals surface area contributed by atoms with Crippen LogP contribution in [-0.4, -0.2) is 53.3 Å². The van der Waals surface area contributed by atoms with Gasteiger partial charge in [0, 0.05) is 6.08 Å². The molecule has 8 heteroatoms. The molecule has 3 N–H and O–H groups in total. The topological polar surface area (TPSA) is 69.9 Å². The van der Waals surface area contributed by atoms with Crippen LogP contribution in [0.5, 0.6) is 0 Å². The van der Waals surface area contributed by atoms with Gasteiger partial charge in [-0.1, -0.05) is 5.73 Å². The van der Waals surface area contributed by atoms with Crippen molar-refractivity contribution in [2.75, 3.05) is 6.61 Å². The number of aliphatic hydroxyl groups is 3. The molecular weight excluding hydrogens is 228 g/mol. The number of aliphatic hydroxyl groups excluding tert-OH is 2. The first-order chi connectivity index (χ1) is 7.24. The largest absolute Gasteiger partial charge is 0.394 e. The molecule has 0 bridgehead atoms.